The minimum atomic E-state index is -0.504. The molecule has 126 valence electrons. The van der Waals surface area contributed by atoms with Gasteiger partial charge in [0.25, 0.3) is 0 Å². The number of hydrogen-bond acceptors (Lipinski definition) is 5. The topological polar surface area (TPSA) is 65.5 Å². The van der Waals surface area contributed by atoms with Gasteiger partial charge in [-0.3, -0.25) is 0 Å². The van der Waals surface area contributed by atoms with Gasteiger partial charge < -0.3 is 9.47 Å². The first kappa shape index (κ1) is 16.6. The lowest BCUT2D eigenvalue weighted by Crippen LogP contribution is -2.15. The highest BCUT2D eigenvalue weighted by Gasteiger charge is 2.17. The van der Waals surface area contributed by atoms with Gasteiger partial charge in [0.15, 0.2) is 0 Å². The van der Waals surface area contributed by atoms with Crippen LogP contribution in [-0.2, 0) is 14.3 Å². The molecule has 5 heteroatoms. The van der Waals surface area contributed by atoms with Crippen molar-refractivity contribution in [3.8, 4) is 0 Å². The summed E-state index contributed by atoms with van der Waals surface area (Å²) in [7, 11) is 0. The molecule has 0 aliphatic carbocycles. The van der Waals surface area contributed by atoms with Crippen LogP contribution in [0.5, 0.6) is 0 Å². The monoisotopic (exact) mass is 335 g/mol. The number of hydrogen-bond donors (Lipinski definition) is 0. The number of carbonyl (C=O) groups is 2. The summed E-state index contributed by atoms with van der Waals surface area (Å²) >= 11 is 0. The third kappa shape index (κ3) is 3.50. The van der Waals surface area contributed by atoms with Crippen molar-refractivity contribution in [1.82, 2.24) is 4.98 Å². The normalized spacial score (nSPS) is 10.6. The summed E-state index contributed by atoms with van der Waals surface area (Å²) in [5, 5.41) is 1.45. The molecule has 0 radical (unpaired) electrons. The van der Waals surface area contributed by atoms with Crippen LogP contribution < -0.4 is 0 Å². The lowest BCUT2D eigenvalue weighted by molar-refractivity contribution is -0.140. The van der Waals surface area contributed by atoms with Gasteiger partial charge in [0.2, 0.25) is 0 Å². The fourth-order valence-electron chi connectivity index (χ4n) is 2.52. The fourth-order valence-corrected chi connectivity index (χ4v) is 2.52. The molecule has 1 heterocycles. The molecule has 5 nitrogen and oxygen atoms in total. The van der Waals surface area contributed by atoms with Crippen molar-refractivity contribution < 1.29 is 19.1 Å². The Labute approximate surface area is 144 Å². The predicted octanol–water partition coefficient (Wildman–Crippen LogP) is 3.66. The number of para-hydroxylation sites is 2. The smallest absolute Gasteiger partial charge is 0.339 e. The molecule has 0 aliphatic rings. The predicted molar refractivity (Wildman–Crippen MR) is 95.3 cm³/mol. The third-order valence-electron chi connectivity index (χ3n) is 3.69. The van der Waals surface area contributed by atoms with E-state index in [0.29, 0.717) is 11.1 Å². The van der Waals surface area contributed by atoms with Crippen LogP contribution in [0.1, 0.15) is 17.3 Å². The molecule has 25 heavy (non-hydrogen) atoms. The highest BCUT2D eigenvalue weighted by Crippen LogP contribution is 2.26. The number of fused-ring (bicyclic) bond motifs is 2. The Morgan fingerprint density at radius 3 is 2.00 bits per heavy atom. The minimum Gasteiger partial charge on any atom is -0.459 e. The SMILES string of the molecule is C=C(C)C(=O)OCCOC(=O)c1c2ccccc2nc2ccccc12. The highest BCUT2D eigenvalue weighted by atomic mass is 16.6. The Bertz CT molecular complexity index is 924. The average molecular weight is 335 g/mol. The molecule has 0 saturated carbocycles. The summed E-state index contributed by atoms with van der Waals surface area (Å²) in [6, 6.07) is 14.8. The quantitative estimate of drug-likeness (QED) is 0.308. The summed E-state index contributed by atoms with van der Waals surface area (Å²) < 4.78 is 10.2. The molecule has 0 N–H and O–H groups in total. The second kappa shape index (κ2) is 7.13. The molecule has 0 amide bonds. The van der Waals surface area contributed by atoms with Crippen LogP contribution in [0, 0.1) is 0 Å². The van der Waals surface area contributed by atoms with E-state index in [2.05, 4.69) is 11.6 Å². The minimum absolute atomic E-state index is 0.0155. The van der Waals surface area contributed by atoms with Gasteiger partial charge in [0.05, 0.1) is 16.6 Å². The van der Waals surface area contributed by atoms with Crippen LogP contribution in [0.3, 0.4) is 0 Å². The molecule has 0 unspecified atom stereocenters. The van der Waals surface area contributed by atoms with Crippen molar-refractivity contribution in [2.75, 3.05) is 13.2 Å². The zero-order valence-corrected chi connectivity index (χ0v) is 13.8. The maximum absolute atomic E-state index is 12.6. The van der Waals surface area contributed by atoms with Crippen LogP contribution in [-0.4, -0.2) is 30.1 Å². The van der Waals surface area contributed by atoms with E-state index in [9.17, 15) is 9.59 Å². The van der Waals surface area contributed by atoms with Crippen LogP contribution in [0.15, 0.2) is 60.7 Å². The number of ether oxygens (including phenoxy) is 2. The standard InChI is InChI=1S/C20H17NO4/c1-13(2)19(22)24-11-12-25-20(23)18-14-7-3-5-9-16(14)21-17-10-6-4-8-15(17)18/h3-10H,1,11-12H2,2H3. The van der Waals surface area contributed by atoms with E-state index < -0.39 is 11.9 Å². The first-order valence-electron chi connectivity index (χ1n) is 7.85. The molecule has 1 aromatic heterocycles. The zero-order valence-electron chi connectivity index (χ0n) is 13.8. The lowest BCUT2D eigenvalue weighted by atomic mass is 10.0. The number of pyridine rings is 1. The van der Waals surface area contributed by atoms with Gasteiger partial charge in [-0.15, -0.1) is 0 Å². The number of rotatable bonds is 5. The molecule has 0 saturated heterocycles. The van der Waals surface area contributed by atoms with Crippen molar-refractivity contribution in [2.24, 2.45) is 0 Å². The average Bonchev–Trinajstić information content (AvgIpc) is 2.62. The molecule has 3 aromatic rings. The second-order valence-corrected chi connectivity index (χ2v) is 5.57. The van der Waals surface area contributed by atoms with E-state index in [4.69, 9.17) is 9.47 Å². The number of benzene rings is 2. The Kier molecular flexibility index (Phi) is 4.75. The van der Waals surface area contributed by atoms with Gasteiger partial charge in [0.1, 0.15) is 13.2 Å². The van der Waals surface area contributed by atoms with Crippen molar-refractivity contribution in [3.63, 3.8) is 0 Å². The molecular weight excluding hydrogens is 318 g/mol. The first-order chi connectivity index (χ1) is 12.1. The summed E-state index contributed by atoms with van der Waals surface area (Å²) in [4.78, 5) is 28.6. The van der Waals surface area contributed by atoms with E-state index in [1.165, 1.54) is 0 Å². The first-order valence-corrected chi connectivity index (χ1v) is 7.85. The van der Waals surface area contributed by atoms with E-state index in [-0.39, 0.29) is 13.2 Å². The molecule has 0 spiro atoms. The van der Waals surface area contributed by atoms with E-state index in [1.807, 2.05) is 48.5 Å². The summed E-state index contributed by atoms with van der Waals surface area (Å²) in [6.45, 7) is 5.01. The molecule has 0 bridgehead atoms. The summed E-state index contributed by atoms with van der Waals surface area (Å²) in [6.07, 6.45) is 0. The van der Waals surface area contributed by atoms with Crippen LogP contribution in [0.25, 0.3) is 21.8 Å². The van der Waals surface area contributed by atoms with Gasteiger partial charge in [-0.25, -0.2) is 14.6 Å². The van der Waals surface area contributed by atoms with Gasteiger partial charge in [0, 0.05) is 16.3 Å². The highest BCUT2D eigenvalue weighted by molar-refractivity contribution is 6.14. The van der Waals surface area contributed by atoms with Crippen LogP contribution >= 0.6 is 0 Å². The fraction of sp³-hybridized carbons (Fsp3) is 0.150. The molecule has 3 rings (SSSR count). The Morgan fingerprint density at radius 1 is 0.920 bits per heavy atom. The lowest BCUT2D eigenvalue weighted by Gasteiger charge is -2.11. The van der Waals surface area contributed by atoms with E-state index >= 15 is 0 Å². The zero-order chi connectivity index (χ0) is 17.8. The van der Waals surface area contributed by atoms with Gasteiger partial charge in [-0.05, 0) is 19.1 Å². The summed E-state index contributed by atoms with van der Waals surface area (Å²) in [5.74, 6) is -0.975. The van der Waals surface area contributed by atoms with E-state index in [1.54, 1.807) is 6.92 Å². The Hall–Kier alpha value is -3.21. The van der Waals surface area contributed by atoms with E-state index in [0.717, 1.165) is 21.8 Å². The third-order valence-corrected chi connectivity index (χ3v) is 3.69. The van der Waals surface area contributed by atoms with Crippen molar-refractivity contribution in [3.05, 3.63) is 66.2 Å². The van der Waals surface area contributed by atoms with Gasteiger partial charge in [-0.2, -0.15) is 0 Å². The number of nitrogens with zero attached hydrogens (tertiary/aromatic N) is 1. The van der Waals surface area contributed by atoms with Crippen molar-refractivity contribution >= 4 is 33.7 Å². The van der Waals surface area contributed by atoms with Gasteiger partial charge >= 0.3 is 11.9 Å². The molecule has 0 fully saturated rings. The molecule has 2 aromatic carbocycles. The molecule has 0 aliphatic heterocycles. The molecular formula is C20H17NO4. The van der Waals surface area contributed by atoms with Crippen molar-refractivity contribution in [1.29, 1.82) is 0 Å². The van der Waals surface area contributed by atoms with Crippen LogP contribution in [0.4, 0.5) is 0 Å². The molecule has 0 atom stereocenters. The van der Waals surface area contributed by atoms with Gasteiger partial charge in [-0.1, -0.05) is 43.0 Å². The number of esters is 2. The largest absolute Gasteiger partial charge is 0.459 e. The Morgan fingerprint density at radius 2 is 1.44 bits per heavy atom. The van der Waals surface area contributed by atoms with Crippen LogP contribution in [0.2, 0.25) is 0 Å². The maximum Gasteiger partial charge on any atom is 0.339 e. The maximum atomic E-state index is 12.6. The number of aromatic nitrogens is 1. The Balaban J connectivity index is 1.87. The second-order valence-electron chi connectivity index (χ2n) is 5.57. The summed E-state index contributed by atoms with van der Waals surface area (Å²) in [5.41, 5.74) is 2.22. The number of carbonyl (C=O) groups excluding carboxylic acids is 2. The van der Waals surface area contributed by atoms with Crippen molar-refractivity contribution in [2.45, 2.75) is 6.92 Å².